The zero-order valence-electron chi connectivity index (χ0n) is 9.48. The molecule has 0 aliphatic heterocycles. The standard InChI is InChI=1S/C11H14BrN3O2/c1-3-5-15-11(17)10(12)9(7-14-15)13-6-8(16)4-2/h1,7-8,13,16H,4-6H2,2H3. The van der Waals surface area contributed by atoms with E-state index < -0.39 is 6.10 Å². The van der Waals surface area contributed by atoms with Gasteiger partial charge in [-0.25, -0.2) is 4.68 Å². The predicted molar refractivity (Wildman–Crippen MR) is 69.8 cm³/mol. The molecular weight excluding hydrogens is 286 g/mol. The van der Waals surface area contributed by atoms with E-state index in [2.05, 4.69) is 32.3 Å². The monoisotopic (exact) mass is 299 g/mol. The van der Waals surface area contributed by atoms with Crippen LogP contribution in [0.5, 0.6) is 0 Å². The number of anilines is 1. The number of halogens is 1. The highest BCUT2D eigenvalue weighted by molar-refractivity contribution is 9.10. The fraction of sp³-hybridized carbons (Fsp3) is 0.455. The Labute approximate surface area is 108 Å². The van der Waals surface area contributed by atoms with Crippen molar-refractivity contribution in [2.45, 2.75) is 26.0 Å². The minimum Gasteiger partial charge on any atom is -0.391 e. The van der Waals surface area contributed by atoms with Crippen LogP contribution in [0.25, 0.3) is 0 Å². The molecule has 0 aliphatic carbocycles. The minimum absolute atomic E-state index is 0.134. The second-order valence-electron chi connectivity index (χ2n) is 3.48. The summed E-state index contributed by atoms with van der Waals surface area (Å²) in [6.07, 6.45) is 6.82. The van der Waals surface area contributed by atoms with Crippen molar-refractivity contribution in [3.63, 3.8) is 0 Å². The Balaban J connectivity index is 2.86. The maximum Gasteiger partial charge on any atom is 0.284 e. The van der Waals surface area contributed by atoms with Crippen LogP contribution in [0.1, 0.15) is 13.3 Å². The topological polar surface area (TPSA) is 67.2 Å². The molecule has 0 bridgehead atoms. The van der Waals surface area contributed by atoms with Gasteiger partial charge in [0.25, 0.3) is 5.56 Å². The maximum absolute atomic E-state index is 11.7. The summed E-state index contributed by atoms with van der Waals surface area (Å²) in [5, 5.41) is 16.3. The number of terminal acetylenes is 1. The van der Waals surface area contributed by atoms with E-state index >= 15 is 0 Å². The summed E-state index contributed by atoms with van der Waals surface area (Å²) in [7, 11) is 0. The Kier molecular flexibility index (Phi) is 5.19. The Morgan fingerprint density at radius 2 is 2.47 bits per heavy atom. The van der Waals surface area contributed by atoms with Crippen LogP contribution in [-0.2, 0) is 6.54 Å². The van der Waals surface area contributed by atoms with E-state index in [1.165, 1.54) is 10.9 Å². The first-order chi connectivity index (χ1) is 8.10. The summed E-state index contributed by atoms with van der Waals surface area (Å²) < 4.78 is 1.55. The van der Waals surface area contributed by atoms with Crippen LogP contribution in [0.4, 0.5) is 5.69 Å². The maximum atomic E-state index is 11.7. The molecule has 0 amide bonds. The lowest BCUT2D eigenvalue weighted by Gasteiger charge is -2.12. The zero-order valence-corrected chi connectivity index (χ0v) is 11.1. The van der Waals surface area contributed by atoms with Gasteiger partial charge < -0.3 is 10.4 Å². The Morgan fingerprint density at radius 1 is 1.76 bits per heavy atom. The lowest BCUT2D eigenvalue weighted by molar-refractivity contribution is 0.183. The fourth-order valence-electron chi connectivity index (χ4n) is 1.16. The number of aromatic nitrogens is 2. The summed E-state index contributed by atoms with van der Waals surface area (Å²) in [6, 6.07) is 0. The SMILES string of the molecule is C#CCn1ncc(NCC(O)CC)c(Br)c1=O. The molecular formula is C11H14BrN3O2. The van der Waals surface area contributed by atoms with Crippen LogP contribution in [0.3, 0.4) is 0 Å². The van der Waals surface area contributed by atoms with E-state index in [-0.39, 0.29) is 12.1 Å². The van der Waals surface area contributed by atoms with Gasteiger partial charge in [0.15, 0.2) is 0 Å². The quantitative estimate of drug-likeness (QED) is 0.790. The third kappa shape index (κ3) is 3.58. The van der Waals surface area contributed by atoms with Crippen molar-refractivity contribution < 1.29 is 5.11 Å². The molecule has 0 radical (unpaired) electrons. The molecule has 1 aromatic heterocycles. The molecule has 1 heterocycles. The van der Waals surface area contributed by atoms with Gasteiger partial charge >= 0.3 is 0 Å². The van der Waals surface area contributed by atoms with Gasteiger partial charge in [0.2, 0.25) is 0 Å². The fourth-order valence-corrected chi connectivity index (χ4v) is 1.61. The summed E-state index contributed by atoms with van der Waals surface area (Å²) in [5.41, 5.74) is 0.259. The summed E-state index contributed by atoms with van der Waals surface area (Å²) in [5.74, 6) is 2.35. The molecule has 0 spiro atoms. The van der Waals surface area contributed by atoms with Crippen LogP contribution in [0.2, 0.25) is 0 Å². The van der Waals surface area contributed by atoms with E-state index in [4.69, 9.17) is 6.42 Å². The second-order valence-corrected chi connectivity index (χ2v) is 4.28. The van der Waals surface area contributed by atoms with Crippen molar-refractivity contribution in [3.05, 3.63) is 21.0 Å². The van der Waals surface area contributed by atoms with Gasteiger partial charge in [-0.05, 0) is 22.4 Å². The molecule has 92 valence electrons. The van der Waals surface area contributed by atoms with Gasteiger partial charge in [0.1, 0.15) is 11.0 Å². The molecule has 0 saturated heterocycles. The molecule has 5 nitrogen and oxygen atoms in total. The molecule has 0 fully saturated rings. The van der Waals surface area contributed by atoms with Crippen molar-refractivity contribution in [1.29, 1.82) is 0 Å². The summed E-state index contributed by atoms with van der Waals surface area (Å²) in [6.45, 7) is 2.38. The van der Waals surface area contributed by atoms with Crippen molar-refractivity contribution in [2.75, 3.05) is 11.9 Å². The van der Waals surface area contributed by atoms with Gasteiger partial charge in [0.05, 0.1) is 18.0 Å². The molecule has 0 aliphatic rings. The van der Waals surface area contributed by atoms with Gasteiger partial charge in [0, 0.05) is 6.54 Å². The van der Waals surface area contributed by atoms with E-state index in [1.807, 2.05) is 6.92 Å². The first-order valence-corrected chi connectivity index (χ1v) is 6.00. The first-order valence-electron chi connectivity index (χ1n) is 5.21. The molecule has 0 aromatic carbocycles. The molecule has 1 aromatic rings. The zero-order chi connectivity index (χ0) is 12.8. The predicted octanol–water partition coefficient (Wildman–Crippen LogP) is 0.822. The molecule has 6 heteroatoms. The smallest absolute Gasteiger partial charge is 0.284 e. The van der Waals surface area contributed by atoms with Crippen LogP contribution >= 0.6 is 15.9 Å². The largest absolute Gasteiger partial charge is 0.391 e. The molecule has 1 unspecified atom stereocenters. The number of hydrogen-bond acceptors (Lipinski definition) is 4. The number of nitrogens with one attached hydrogen (secondary N) is 1. The van der Waals surface area contributed by atoms with Crippen LogP contribution in [0.15, 0.2) is 15.5 Å². The molecule has 0 saturated carbocycles. The van der Waals surface area contributed by atoms with Gasteiger partial charge in [-0.3, -0.25) is 4.79 Å². The average Bonchev–Trinajstić information content (AvgIpc) is 2.34. The Bertz CT molecular complexity index is 479. The van der Waals surface area contributed by atoms with Crippen LogP contribution in [0, 0.1) is 12.3 Å². The number of aliphatic hydroxyl groups is 1. The molecule has 2 N–H and O–H groups in total. The van der Waals surface area contributed by atoms with E-state index in [0.29, 0.717) is 23.1 Å². The number of rotatable bonds is 5. The second kappa shape index (κ2) is 6.42. The van der Waals surface area contributed by atoms with Crippen LogP contribution in [-0.4, -0.2) is 27.5 Å². The third-order valence-electron chi connectivity index (χ3n) is 2.23. The number of hydrogen-bond donors (Lipinski definition) is 2. The molecule has 1 rings (SSSR count). The lowest BCUT2D eigenvalue weighted by Crippen LogP contribution is -2.25. The first kappa shape index (κ1) is 13.7. The number of nitrogens with zero attached hydrogens (tertiary/aromatic N) is 2. The Morgan fingerprint density at radius 3 is 3.06 bits per heavy atom. The van der Waals surface area contributed by atoms with Gasteiger partial charge in [-0.15, -0.1) is 6.42 Å². The van der Waals surface area contributed by atoms with Gasteiger partial charge in [-0.1, -0.05) is 12.8 Å². The average molecular weight is 300 g/mol. The number of aliphatic hydroxyl groups excluding tert-OH is 1. The van der Waals surface area contributed by atoms with E-state index in [9.17, 15) is 9.90 Å². The van der Waals surface area contributed by atoms with E-state index in [1.54, 1.807) is 0 Å². The molecule has 1 atom stereocenters. The van der Waals surface area contributed by atoms with Crippen molar-refractivity contribution in [3.8, 4) is 12.3 Å². The summed E-state index contributed by atoms with van der Waals surface area (Å²) >= 11 is 3.19. The van der Waals surface area contributed by atoms with Crippen molar-refractivity contribution >= 4 is 21.6 Å². The highest BCUT2D eigenvalue weighted by atomic mass is 79.9. The van der Waals surface area contributed by atoms with Crippen molar-refractivity contribution in [1.82, 2.24) is 9.78 Å². The lowest BCUT2D eigenvalue weighted by atomic mass is 10.3. The summed E-state index contributed by atoms with van der Waals surface area (Å²) in [4.78, 5) is 11.7. The van der Waals surface area contributed by atoms with Gasteiger partial charge in [-0.2, -0.15) is 5.10 Å². The third-order valence-corrected chi connectivity index (χ3v) is 2.99. The van der Waals surface area contributed by atoms with E-state index in [0.717, 1.165) is 0 Å². The highest BCUT2D eigenvalue weighted by Crippen LogP contribution is 2.15. The highest BCUT2D eigenvalue weighted by Gasteiger charge is 2.09. The molecule has 17 heavy (non-hydrogen) atoms. The van der Waals surface area contributed by atoms with Crippen LogP contribution < -0.4 is 10.9 Å². The van der Waals surface area contributed by atoms with Crippen molar-refractivity contribution in [2.24, 2.45) is 0 Å². The Hall–Kier alpha value is -1.32. The minimum atomic E-state index is -0.449. The normalized spacial score (nSPS) is 11.9.